The largest absolute Gasteiger partial charge is 0.351 e. The van der Waals surface area contributed by atoms with Gasteiger partial charge in [-0.1, -0.05) is 13.0 Å². The Labute approximate surface area is 165 Å². The maximum atomic E-state index is 12.1. The number of thioether (sulfide) groups is 1. The van der Waals surface area contributed by atoms with E-state index in [0.29, 0.717) is 11.7 Å². The molecule has 3 rings (SSSR count). The fraction of sp³-hybridized carbons (Fsp3) is 0.529. The van der Waals surface area contributed by atoms with E-state index >= 15 is 0 Å². The van der Waals surface area contributed by atoms with Gasteiger partial charge in [0.1, 0.15) is 5.65 Å². The Morgan fingerprint density at radius 2 is 2.20 bits per heavy atom. The molecule has 2 aromatic rings. The topological polar surface area (TPSA) is 58.4 Å². The maximum absolute atomic E-state index is 12.1. The van der Waals surface area contributed by atoms with Crippen LogP contribution in [0.4, 0.5) is 0 Å². The number of hydrogen-bond acceptors (Lipinski definition) is 4. The summed E-state index contributed by atoms with van der Waals surface area (Å²) in [4.78, 5) is 16.7. The fourth-order valence-corrected chi connectivity index (χ4v) is 3.62. The highest BCUT2D eigenvalue weighted by Crippen LogP contribution is 2.15. The molecule has 0 spiro atoms. The quantitative estimate of drug-likeness (QED) is 0.803. The molecule has 2 unspecified atom stereocenters. The molecule has 8 heteroatoms. The van der Waals surface area contributed by atoms with E-state index in [1.54, 1.807) is 11.8 Å². The average molecular weight is 405 g/mol. The average Bonchev–Trinajstić information content (AvgIpc) is 2.91. The van der Waals surface area contributed by atoms with E-state index in [4.69, 9.17) is 0 Å². The van der Waals surface area contributed by atoms with Crippen molar-refractivity contribution in [1.29, 1.82) is 0 Å². The standard InChI is InChI=1S/C17H24N4OS.2ClH/c1-12-3-4-16-19-14(9-21(16)8-12)10-23-11-17(22)20-15-7-18-6-5-13(15)2;;/h3-4,8-9,13,15,18H,5-7,10-11H2,1-2H3,(H,20,22);2*1H. The molecule has 0 saturated carbocycles. The van der Waals surface area contributed by atoms with Crippen molar-refractivity contribution in [3.8, 4) is 0 Å². The molecular weight excluding hydrogens is 379 g/mol. The van der Waals surface area contributed by atoms with Crippen LogP contribution in [-0.4, -0.2) is 40.2 Å². The third-order valence-corrected chi connectivity index (χ3v) is 5.27. The van der Waals surface area contributed by atoms with E-state index in [9.17, 15) is 4.79 Å². The van der Waals surface area contributed by atoms with Crippen molar-refractivity contribution >= 4 is 48.1 Å². The first kappa shape index (κ1) is 22.1. The highest BCUT2D eigenvalue weighted by atomic mass is 35.5. The highest BCUT2D eigenvalue weighted by Gasteiger charge is 2.22. The Balaban J connectivity index is 0.00000156. The number of carbonyl (C=O) groups excluding carboxylic acids is 1. The van der Waals surface area contributed by atoms with Gasteiger partial charge in [-0.2, -0.15) is 0 Å². The number of rotatable bonds is 5. The monoisotopic (exact) mass is 404 g/mol. The van der Waals surface area contributed by atoms with Gasteiger partial charge in [0, 0.05) is 30.7 Å². The van der Waals surface area contributed by atoms with E-state index in [1.807, 2.05) is 16.7 Å². The van der Waals surface area contributed by atoms with Crippen molar-refractivity contribution in [3.63, 3.8) is 0 Å². The molecule has 2 aromatic heterocycles. The molecule has 2 atom stereocenters. The number of aromatic nitrogens is 2. The molecule has 1 saturated heterocycles. The van der Waals surface area contributed by atoms with Crippen molar-refractivity contribution in [1.82, 2.24) is 20.0 Å². The molecule has 1 fully saturated rings. The summed E-state index contributed by atoms with van der Waals surface area (Å²) >= 11 is 1.62. The van der Waals surface area contributed by atoms with Gasteiger partial charge in [-0.25, -0.2) is 4.98 Å². The minimum Gasteiger partial charge on any atom is -0.351 e. The molecule has 140 valence electrons. The molecule has 25 heavy (non-hydrogen) atoms. The zero-order chi connectivity index (χ0) is 16.2. The highest BCUT2D eigenvalue weighted by molar-refractivity contribution is 7.99. The van der Waals surface area contributed by atoms with Crippen LogP contribution in [0.1, 0.15) is 24.6 Å². The fourth-order valence-electron chi connectivity index (χ4n) is 2.90. The van der Waals surface area contributed by atoms with Crippen LogP contribution in [0.5, 0.6) is 0 Å². The second kappa shape index (κ2) is 10.3. The van der Waals surface area contributed by atoms with Gasteiger partial charge in [-0.3, -0.25) is 4.79 Å². The lowest BCUT2D eigenvalue weighted by Crippen LogP contribution is -2.50. The number of fused-ring (bicyclic) bond motifs is 1. The number of aryl methyl sites for hydroxylation is 1. The van der Waals surface area contributed by atoms with E-state index < -0.39 is 0 Å². The minimum absolute atomic E-state index is 0. The van der Waals surface area contributed by atoms with E-state index in [2.05, 4.69) is 41.7 Å². The van der Waals surface area contributed by atoms with E-state index in [0.717, 1.165) is 36.6 Å². The third kappa shape index (κ3) is 6.06. The Morgan fingerprint density at radius 3 is 2.96 bits per heavy atom. The Hall–Kier alpha value is -0.950. The minimum atomic E-state index is 0. The predicted molar refractivity (Wildman–Crippen MR) is 109 cm³/mol. The van der Waals surface area contributed by atoms with Crippen LogP contribution in [-0.2, 0) is 10.5 Å². The Kier molecular flexibility index (Phi) is 9.07. The first-order chi connectivity index (χ1) is 11.1. The molecule has 3 heterocycles. The first-order valence-electron chi connectivity index (χ1n) is 8.14. The van der Waals surface area contributed by atoms with Gasteiger partial charge in [-0.15, -0.1) is 36.6 Å². The lowest BCUT2D eigenvalue weighted by molar-refractivity contribution is -0.119. The summed E-state index contributed by atoms with van der Waals surface area (Å²) in [5, 5.41) is 6.48. The van der Waals surface area contributed by atoms with Gasteiger partial charge < -0.3 is 15.0 Å². The molecule has 1 amide bonds. The number of piperidine rings is 1. The van der Waals surface area contributed by atoms with Crippen LogP contribution >= 0.6 is 36.6 Å². The molecule has 5 nitrogen and oxygen atoms in total. The van der Waals surface area contributed by atoms with Gasteiger partial charge in [0.05, 0.1) is 11.4 Å². The normalized spacial score (nSPS) is 19.8. The number of amides is 1. The van der Waals surface area contributed by atoms with Crippen LogP contribution in [0.25, 0.3) is 5.65 Å². The summed E-state index contributed by atoms with van der Waals surface area (Å²) < 4.78 is 2.04. The molecule has 0 bridgehead atoms. The lowest BCUT2D eigenvalue weighted by atomic mass is 9.95. The zero-order valence-electron chi connectivity index (χ0n) is 14.5. The molecule has 1 aliphatic rings. The number of hydrogen-bond donors (Lipinski definition) is 2. The number of halogens is 2. The van der Waals surface area contributed by atoms with Crippen molar-refractivity contribution in [3.05, 3.63) is 35.8 Å². The van der Waals surface area contributed by atoms with Crippen molar-refractivity contribution < 1.29 is 4.79 Å². The predicted octanol–water partition coefficient (Wildman–Crippen LogP) is 2.83. The Bertz CT molecular complexity index is 694. The molecular formula is C17H26Cl2N4OS. The number of pyridine rings is 1. The van der Waals surface area contributed by atoms with Crippen LogP contribution < -0.4 is 10.6 Å². The molecule has 2 N–H and O–H groups in total. The van der Waals surface area contributed by atoms with Crippen molar-refractivity contribution in [2.24, 2.45) is 5.92 Å². The van der Waals surface area contributed by atoms with Crippen LogP contribution in [0.3, 0.4) is 0 Å². The molecule has 1 aliphatic heterocycles. The summed E-state index contributed by atoms with van der Waals surface area (Å²) in [6, 6.07) is 4.34. The molecule has 0 aliphatic carbocycles. The van der Waals surface area contributed by atoms with Gasteiger partial charge in [0.25, 0.3) is 0 Å². The van der Waals surface area contributed by atoms with E-state index in [-0.39, 0.29) is 36.8 Å². The first-order valence-corrected chi connectivity index (χ1v) is 9.29. The second-order valence-corrected chi connectivity index (χ2v) is 7.33. The van der Waals surface area contributed by atoms with E-state index in [1.165, 1.54) is 5.56 Å². The smallest absolute Gasteiger partial charge is 0.230 e. The van der Waals surface area contributed by atoms with Crippen LogP contribution in [0, 0.1) is 12.8 Å². The SMILES string of the molecule is Cc1ccc2nc(CSCC(=O)NC3CNCCC3C)cn2c1.Cl.Cl. The number of carbonyl (C=O) groups is 1. The lowest BCUT2D eigenvalue weighted by Gasteiger charge is -2.30. The van der Waals surface area contributed by atoms with Crippen molar-refractivity contribution in [2.75, 3.05) is 18.8 Å². The third-order valence-electron chi connectivity index (χ3n) is 4.31. The summed E-state index contributed by atoms with van der Waals surface area (Å²) in [5.74, 6) is 1.91. The summed E-state index contributed by atoms with van der Waals surface area (Å²) in [7, 11) is 0. The second-order valence-electron chi connectivity index (χ2n) is 6.34. The Morgan fingerprint density at radius 1 is 1.40 bits per heavy atom. The number of imidazole rings is 1. The number of nitrogens with one attached hydrogen (secondary N) is 2. The molecule has 0 radical (unpaired) electrons. The van der Waals surface area contributed by atoms with Gasteiger partial charge >= 0.3 is 0 Å². The summed E-state index contributed by atoms with van der Waals surface area (Å²) in [6.07, 6.45) is 5.24. The maximum Gasteiger partial charge on any atom is 0.230 e. The van der Waals surface area contributed by atoms with Gasteiger partial charge in [0.15, 0.2) is 0 Å². The van der Waals surface area contributed by atoms with Crippen LogP contribution in [0.2, 0.25) is 0 Å². The number of nitrogens with zero attached hydrogens (tertiary/aromatic N) is 2. The van der Waals surface area contributed by atoms with Crippen molar-refractivity contribution in [2.45, 2.75) is 32.1 Å². The van der Waals surface area contributed by atoms with Crippen LogP contribution in [0.15, 0.2) is 24.5 Å². The van der Waals surface area contributed by atoms with Gasteiger partial charge in [-0.05, 0) is 37.4 Å². The zero-order valence-corrected chi connectivity index (χ0v) is 17.0. The summed E-state index contributed by atoms with van der Waals surface area (Å²) in [6.45, 7) is 6.20. The summed E-state index contributed by atoms with van der Waals surface area (Å²) in [5.41, 5.74) is 3.18. The molecule has 0 aromatic carbocycles. The van der Waals surface area contributed by atoms with Gasteiger partial charge in [0.2, 0.25) is 5.91 Å².